The number of ether oxygens (including phenoxy) is 1. The number of carbonyl (C=O) groups excluding carboxylic acids is 2. The zero-order valence-electron chi connectivity index (χ0n) is 15.1. The van der Waals surface area contributed by atoms with Gasteiger partial charge in [0.15, 0.2) is 0 Å². The van der Waals surface area contributed by atoms with Gasteiger partial charge in [-0.1, -0.05) is 51.8 Å². The molecule has 0 heterocycles. The number of carbonyl (C=O) groups is 2. The van der Waals surface area contributed by atoms with Crippen molar-refractivity contribution in [3.05, 3.63) is 99.5 Å². The summed E-state index contributed by atoms with van der Waals surface area (Å²) in [6.07, 6.45) is 1.43. The molecule has 0 fully saturated rings. The molecule has 0 bridgehead atoms. The maximum absolute atomic E-state index is 12.4. The summed E-state index contributed by atoms with van der Waals surface area (Å²) in [7, 11) is 0. The first kappa shape index (κ1) is 19.5. The second-order valence-electron chi connectivity index (χ2n) is 6.00. The van der Waals surface area contributed by atoms with Crippen molar-refractivity contribution >= 4 is 34.0 Å². The summed E-state index contributed by atoms with van der Waals surface area (Å²) >= 11 is 3.38. The van der Waals surface area contributed by atoms with E-state index in [1.165, 1.54) is 6.21 Å². The molecule has 5 nitrogen and oxygen atoms in total. The van der Waals surface area contributed by atoms with Crippen LogP contribution in [0.3, 0.4) is 0 Å². The van der Waals surface area contributed by atoms with E-state index < -0.39 is 5.97 Å². The number of hydrogen-bond acceptors (Lipinski definition) is 4. The Labute approximate surface area is 171 Å². The fourth-order valence-electron chi connectivity index (χ4n) is 2.38. The van der Waals surface area contributed by atoms with E-state index in [2.05, 4.69) is 26.5 Å². The van der Waals surface area contributed by atoms with Gasteiger partial charge in [0.1, 0.15) is 5.75 Å². The lowest BCUT2D eigenvalue weighted by molar-refractivity contribution is 0.0734. The standard InChI is InChI=1S/C22H17BrN2O3/c1-15-7-9-17(10-8-15)22(27)28-20-12-11-19(23)13-18(20)14-24-25-21(26)16-5-3-2-4-6-16/h2-14H,1H3,(H,25,26)/b24-14-. The number of aryl methyl sites for hydroxylation is 1. The lowest BCUT2D eigenvalue weighted by atomic mass is 10.1. The van der Waals surface area contributed by atoms with E-state index >= 15 is 0 Å². The molecule has 0 radical (unpaired) electrons. The van der Waals surface area contributed by atoms with Crippen LogP contribution in [0.2, 0.25) is 0 Å². The normalized spacial score (nSPS) is 10.6. The van der Waals surface area contributed by atoms with Gasteiger partial charge >= 0.3 is 5.97 Å². The van der Waals surface area contributed by atoms with Gasteiger partial charge in [-0.2, -0.15) is 5.10 Å². The van der Waals surface area contributed by atoms with Crippen LogP contribution in [0.4, 0.5) is 0 Å². The summed E-state index contributed by atoms with van der Waals surface area (Å²) in [6, 6.07) is 21.1. The Balaban J connectivity index is 1.74. The summed E-state index contributed by atoms with van der Waals surface area (Å²) in [4.78, 5) is 24.4. The molecule has 28 heavy (non-hydrogen) atoms. The Bertz CT molecular complexity index is 1020. The van der Waals surface area contributed by atoms with Crippen LogP contribution in [0.15, 0.2) is 82.4 Å². The molecule has 0 aromatic heterocycles. The molecule has 0 saturated carbocycles. The molecular weight excluding hydrogens is 420 g/mol. The third-order valence-corrected chi connectivity index (χ3v) is 4.36. The monoisotopic (exact) mass is 436 g/mol. The first-order chi connectivity index (χ1) is 13.5. The van der Waals surface area contributed by atoms with Crippen LogP contribution in [0.1, 0.15) is 31.8 Å². The van der Waals surface area contributed by atoms with Gasteiger partial charge in [-0.3, -0.25) is 4.79 Å². The second kappa shape index (κ2) is 9.10. The van der Waals surface area contributed by atoms with Crippen molar-refractivity contribution in [1.29, 1.82) is 0 Å². The van der Waals surface area contributed by atoms with Gasteiger partial charge in [-0.15, -0.1) is 0 Å². The topological polar surface area (TPSA) is 67.8 Å². The summed E-state index contributed by atoms with van der Waals surface area (Å²) in [5.74, 6) is -0.457. The smallest absolute Gasteiger partial charge is 0.343 e. The average molecular weight is 437 g/mol. The van der Waals surface area contributed by atoms with E-state index in [1.807, 2.05) is 25.1 Å². The molecule has 1 N–H and O–H groups in total. The second-order valence-corrected chi connectivity index (χ2v) is 6.92. The summed E-state index contributed by atoms with van der Waals surface area (Å²) < 4.78 is 6.30. The van der Waals surface area contributed by atoms with Crippen LogP contribution in [0, 0.1) is 6.92 Å². The Morgan fingerprint density at radius 1 is 0.964 bits per heavy atom. The molecule has 0 spiro atoms. The molecule has 3 aromatic rings. The van der Waals surface area contributed by atoms with Gasteiger partial charge in [-0.05, 0) is 49.4 Å². The third-order valence-electron chi connectivity index (χ3n) is 3.87. The first-order valence-corrected chi connectivity index (χ1v) is 9.29. The molecule has 0 unspecified atom stereocenters. The largest absolute Gasteiger partial charge is 0.422 e. The van der Waals surface area contributed by atoms with Crippen molar-refractivity contribution in [2.75, 3.05) is 0 Å². The number of benzene rings is 3. The molecular formula is C22H17BrN2O3. The van der Waals surface area contributed by atoms with Crippen molar-refractivity contribution in [3.63, 3.8) is 0 Å². The lowest BCUT2D eigenvalue weighted by Crippen LogP contribution is -2.17. The van der Waals surface area contributed by atoms with Crippen molar-refractivity contribution in [3.8, 4) is 5.75 Å². The predicted molar refractivity (Wildman–Crippen MR) is 112 cm³/mol. The zero-order valence-corrected chi connectivity index (χ0v) is 16.6. The van der Waals surface area contributed by atoms with E-state index in [-0.39, 0.29) is 5.91 Å². The SMILES string of the molecule is Cc1ccc(C(=O)Oc2ccc(Br)cc2/C=N\NC(=O)c2ccccc2)cc1. The number of nitrogens with zero attached hydrogens (tertiary/aromatic N) is 1. The maximum Gasteiger partial charge on any atom is 0.343 e. The van der Waals surface area contributed by atoms with Crippen molar-refractivity contribution in [2.45, 2.75) is 6.92 Å². The highest BCUT2D eigenvalue weighted by Gasteiger charge is 2.11. The van der Waals surface area contributed by atoms with Crippen LogP contribution in [0.25, 0.3) is 0 Å². The number of rotatable bonds is 5. The quantitative estimate of drug-likeness (QED) is 0.271. The minimum Gasteiger partial charge on any atom is -0.422 e. The van der Waals surface area contributed by atoms with Gasteiger partial charge in [0, 0.05) is 15.6 Å². The van der Waals surface area contributed by atoms with E-state index in [0.29, 0.717) is 22.4 Å². The van der Waals surface area contributed by atoms with Gasteiger partial charge < -0.3 is 4.74 Å². The molecule has 0 saturated heterocycles. The number of hydrogen-bond donors (Lipinski definition) is 1. The minimum atomic E-state index is -0.467. The lowest BCUT2D eigenvalue weighted by Gasteiger charge is -2.08. The fraction of sp³-hybridized carbons (Fsp3) is 0.0455. The Morgan fingerprint density at radius 3 is 2.39 bits per heavy atom. The van der Waals surface area contributed by atoms with Crippen molar-refractivity contribution in [2.24, 2.45) is 5.10 Å². The Kier molecular flexibility index (Phi) is 6.34. The summed E-state index contributed by atoms with van der Waals surface area (Å²) in [6.45, 7) is 1.95. The van der Waals surface area contributed by atoms with Crippen molar-refractivity contribution < 1.29 is 14.3 Å². The number of hydrazone groups is 1. The van der Waals surface area contributed by atoms with Crippen LogP contribution in [0.5, 0.6) is 5.75 Å². The van der Waals surface area contributed by atoms with E-state index in [1.54, 1.807) is 54.6 Å². The molecule has 0 aliphatic rings. The number of nitrogens with one attached hydrogen (secondary N) is 1. The first-order valence-electron chi connectivity index (χ1n) is 8.50. The van der Waals surface area contributed by atoms with E-state index in [4.69, 9.17) is 4.74 Å². The van der Waals surface area contributed by atoms with E-state index in [0.717, 1.165) is 10.0 Å². The van der Waals surface area contributed by atoms with Crippen molar-refractivity contribution in [1.82, 2.24) is 5.43 Å². The van der Waals surface area contributed by atoms with Crippen LogP contribution in [-0.2, 0) is 0 Å². The highest BCUT2D eigenvalue weighted by atomic mass is 79.9. The third kappa shape index (κ3) is 5.14. The fourth-order valence-corrected chi connectivity index (χ4v) is 2.75. The number of amides is 1. The highest BCUT2D eigenvalue weighted by molar-refractivity contribution is 9.10. The van der Waals surface area contributed by atoms with E-state index in [9.17, 15) is 9.59 Å². The average Bonchev–Trinajstić information content (AvgIpc) is 2.71. The van der Waals surface area contributed by atoms with Crippen LogP contribution in [-0.4, -0.2) is 18.1 Å². The minimum absolute atomic E-state index is 0.329. The molecule has 3 aromatic carbocycles. The predicted octanol–water partition coefficient (Wildman–Crippen LogP) is 4.74. The highest BCUT2D eigenvalue weighted by Crippen LogP contribution is 2.23. The molecule has 6 heteroatoms. The zero-order chi connectivity index (χ0) is 19.9. The molecule has 3 rings (SSSR count). The molecule has 0 aliphatic carbocycles. The summed E-state index contributed by atoms with van der Waals surface area (Å²) in [5, 5.41) is 3.97. The number of halogens is 1. The Morgan fingerprint density at radius 2 is 1.68 bits per heavy atom. The molecule has 0 atom stereocenters. The van der Waals surface area contributed by atoms with Gasteiger partial charge in [0.25, 0.3) is 5.91 Å². The number of esters is 1. The molecule has 1 amide bonds. The summed E-state index contributed by atoms with van der Waals surface area (Å²) in [5.41, 5.74) is 5.01. The van der Waals surface area contributed by atoms with Crippen LogP contribution >= 0.6 is 15.9 Å². The van der Waals surface area contributed by atoms with Gasteiger partial charge in [-0.25, -0.2) is 10.2 Å². The van der Waals surface area contributed by atoms with Gasteiger partial charge in [0.2, 0.25) is 0 Å². The van der Waals surface area contributed by atoms with Crippen LogP contribution < -0.4 is 10.2 Å². The van der Waals surface area contributed by atoms with Gasteiger partial charge in [0.05, 0.1) is 11.8 Å². The maximum atomic E-state index is 12.4. The Hall–Kier alpha value is -3.25. The molecule has 140 valence electrons. The molecule has 0 aliphatic heterocycles.